The number of nitrogens with two attached hydrogens (primary N) is 1. The molecular formula is C27H53NO. The van der Waals surface area contributed by atoms with Gasteiger partial charge in [-0.3, -0.25) is 4.79 Å². The molecule has 0 spiro atoms. The first-order valence-corrected chi connectivity index (χ1v) is 13.2. The van der Waals surface area contributed by atoms with E-state index in [4.69, 9.17) is 5.73 Å². The quantitative estimate of drug-likeness (QED) is 0.126. The summed E-state index contributed by atoms with van der Waals surface area (Å²) in [5.41, 5.74) is 5.06. The van der Waals surface area contributed by atoms with Crippen molar-refractivity contribution in [2.45, 2.75) is 155 Å². The number of amides is 1. The predicted octanol–water partition coefficient (Wildman–Crippen LogP) is 9.02. The van der Waals surface area contributed by atoms with E-state index < -0.39 is 0 Å². The van der Waals surface area contributed by atoms with E-state index in [9.17, 15) is 4.79 Å². The van der Waals surface area contributed by atoms with Crippen LogP contribution in [-0.2, 0) is 4.79 Å². The van der Waals surface area contributed by atoms with E-state index in [-0.39, 0.29) is 5.91 Å². The zero-order valence-corrected chi connectivity index (χ0v) is 19.9. The second-order valence-electron chi connectivity index (χ2n) is 9.02. The summed E-state index contributed by atoms with van der Waals surface area (Å²) in [5.74, 6) is -0.330. The number of carbonyl (C=O) groups is 1. The Morgan fingerprint density at radius 1 is 0.517 bits per heavy atom. The number of hydrogen-bond acceptors (Lipinski definition) is 1. The molecule has 0 saturated heterocycles. The fourth-order valence-electron chi connectivity index (χ4n) is 4.07. The summed E-state index contributed by atoms with van der Waals surface area (Å²) in [6.45, 7) is 2.29. The van der Waals surface area contributed by atoms with Crippen molar-refractivity contribution in [3.63, 3.8) is 0 Å². The highest BCUT2D eigenvalue weighted by Crippen LogP contribution is 2.15. The Morgan fingerprint density at radius 3 is 1.07 bits per heavy atom. The molecule has 0 heterocycles. The van der Waals surface area contributed by atoms with Crippen LogP contribution in [-0.4, -0.2) is 5.91 Å². The van der Waals surface area contributed by atoms with Crippen LogP contribution >= 0.6 is 0 Å². The van der Waals surface area contributed by atoms with Crippen molar-refractivity contribution >= 4 is 5.91 Å². The highest BCUT2D eigenvalue weighted by atomic mass is 16.1. The van der Waals surface area contributed by atoms with Gasteiger partial charge in [-0.1, -0.05) is 148 Å². The Bertz CT molecular complexity index is 350. The lowest BCUT2D eigenvalue weighted by atomic mass is 10.0. The second kappa shape index (κ2) is 25.2. The van der Waals surface area contributed by atoms with E-state index in [1.807, 2.05) is 6.08 Å². The van der Waals surface area contributed by atoms with Crippen LogP contribution < -0.4 is 5.73 Å². The number of rotatable bonds is 24. The van der Waals surface area contributed by atoms with E-state index in [0.717, 1.165) is 6.42 Å². The molecular weight excluding hydrogens is 354 g/mol. The van der Waals surface area contributed by atoms with Crippen molar-refractivity contribution < 1.29 is 4.79 Å². The maximum absolute atomic E-state index is 10.6. The molecule has 0 aromatic rings. The molecule has 0 aliphatic carbocycles. The van der Waals surface area contributed by atoms with Gasteiger partial charge in [-0.25, -0.2) is 0 Å². The van der Waals surface area contributed by atoms with Crippen LogP contribution in [0.4, 0.5) is 0 Å². The van der Waals surface area contributed by atoms with Crippen molar-refractivity contribution in [2.24, 2.45) is 5.73 Å². The molecule has 0 fully saturated rings. The summed E-state index contributed by atoms with van der Waals surface area (Å²) in [5, 5.41) is 0. The third-order valence-corrected chi connectivity index (χ3v) is 6.01. The first-order valence-electron chi connectivity index (χ1n) is 13.2. The number of allylic oxidation sites excluding steroid dienone is 1. The van der Waals surface area contributed by atoms with Gasteiger partial charge in [-0.15, -0.1) is 0 Å². The fourth-order valence-corrected chi connectivity index (χ4v) is 4.07. The van der Waals surface area contributed by atoms with E-state index in [2.05, 4.69) is 6.92 Å². The first kappa shape index (κ1) is 28.2. The average Bonchev–Trinajstić information content (AvgIpc) is 2.71. The molecule has 0 unspecified atom stereocenters. The molecule has 0 aromatic carbocycles. The third-order valence-electron chi connectivity index (χ3n) is 6.01. The molecule has 0 aliphatic rings. The van der Waals surface area contributed by atoms with E-state index in [1.54, 1.807) is 0 Å². The second-order valence-corrected chi connectivity index (χ2v) is 9.02. The van der Waals surface area contributed by atoms with Crippen molar-refractivity contribution in [3.05, 3.63) is 12.2 Å². The zero-order valence-electron chi connectivity index (χ0n) is 19.9. The Kier molecular flexibility index (Phi) is 24.6. The molecule has 2 N–H and O–H groups in total. The van der Waals surface area contributed by atoms with Crippen LogP contribution in [0.5, 0.6) is 0 Å². The first-order chi connectivity index (χ1) is 14.3. The normalized spacial score (nSPS) is 11.5. The van der Waals surface area contributed by atoms with Gasteiger partial charge in [0.1, 0.15) is 0 Å². The Balaban J connectivity index is 3.02. The number of unbranched alkanes of at least 4 members (excludes halogenated alkanes) is 22. The van der Waals surface area contributed by atoms with Gasteiger partial charge >= 0.3 is 0 Å². The largest absolute Gasteiger partial charge is 0.366 e. The van der Waals surface area contributed by atoms with Gasteiger partial charge in [0.15, 0.2) is 0 Å². The van der Waals surface area contributed by atoms with Crippen LogP contribution in [0.3, 0.4) is 0 Å². The van der Waals surface area contributed by atoms with Crippen molar-refractivity contribution in [2.75, 3.05) is 0 Å². The van der Waals surface area contributed by atoms with E-state index >= 15 is 0 Å². The molecule has 0 aromatic heterocycles. The molecule has 2 heteroatoms. The van der Waals surface area contributed by atoms with E-state index in [1.165, 1.54) is 147 Å². The summed E-state index contributed by atoms with van der Waals surface area (Å²) >= 11 is 0. The molecule has 0 atom stereocenters. The SMILES string of the molecule is CCCCCCCCCCCCCCCCCCCCCCCCC=CC(N)=O. The van der Waals surface area contributed by atoms with Crippen LogP contribution in [0.2, 0.25) is 0 Å². The number of hydrogen-bond donors (Lipinski definition) is 1. The van der Waals surface area contributed by atoms with Gasteiger partial charge in [0, 0.05) is 0 Å². The summed E-state index contributed by atoms with van der Waals surface area (Å²) in [6.07, 6.45) is 35.6. The Labute approximate surface area is 183 Å². The maximum atomic E-state index is 10.6. The smallest absolute Gasteiger partial charge is 0.241 e. The van der Waals surface area contributed by atoms with Crippen LogP contribution in [0, 0.1) is 0 Å². The van der Waals surface area contributed by atoms with Crippen molar-refractivity contribution in [1.82, 2.24) is 0 Å². The minimum absolute atomic E-state index is 0.330. The predicted molar refractivity (Wildman–Crippen MR) is 130 cm³/mol. The molecule has 0 bridgehead atoms. The van der Waals surface area contributed by atoms with Gasteiger partial charge in [0.25, 0.3) is 0 Å². The lowest BCUT2D eigenvalue weighted by Crippen LogP contribution is -2.05. The molecule has 29 heavy (non-hydrogen) atoms. The molecule has 1 amide bonds. The van der Waals surface area contributed by atoms with Crippen LogP contribution in [0.25, 0.3) is 0 Å². The summed E-state index contributed by atoms with van der Waals surface area (Å²) in [7, 11) is 0. The molecule has 0 rings (SSSR count). The minimum atomic E-state index is -0.330. The van der Waals surface area contributed by atoms with Gasteiger partial charge in [0.2, 0.25) is 5.91 Å². The lowest BCUT2D eigenvalue weighted by molar-refractivity contribution is -0.113. The molecule has 0 radical (unpaired) electrons. The zero-order chi connectivity index (χ0) is 21.3. The molecule has 0 saturated carbocycles. The molecule has 2 nitrogen and oxygen atoms in total. The number of primary amides is 1. The number of carbonyl (C=O) groups excluding carboxylic acids is 1. The highest BCUT2D eigenvalue weighted by molar-refractivity contribution is 5.85. The third kappa shape index (κ3) is 27.2. The van der Waals surface area contributed by atoms with Gasteiger partial charge < -0.3 is 5.73 Å². The van der Waals surface area contributed by atoms with Gasteiger partial charge in [0.05, 0.1) is 0 Å². The van der Waals surface area contributed by atoms with Crippen molar-refractivity contribution in [1.29, 1.82) is 0 Å². The monoisotopic (exact) mass is 407 g/mol. The topological polar surface area (TPSA) is 43.1 Å². The summed E-state index contributed by atoms with van der Waals surface area (Å²) in [6, 6.07) is 0. The van der Waals surface area contributed by atoms with E-state index in [0.29, 0.717) is 0 Å². The maximum Gasteiger partial charge on any atom is 0.241 e. The lowest BCUT2D eigenvalue weighted by Gasteiger charge is -2.04. The highest BCUT2D eigenvalue weighted by Gasteiger charge is 1.95. The van der Waals surface area contributed by atoms with Gasteiger partial charge in [-0.2, -0.15) is 0 Å². The van der Waals surface area contributed by atoms with Crippen LogP contribution in [0.15, 0.2) is 12.2 Å². The molecule has 172 valence electrons. The van der Waals surface area contributed by atoms with Crippen molar-refractivity contribution in [3.8, 4) is 0 Å². The molecule has 0 aliphatic heterocycles. The Morgan fingerprint density at radius 2 is 0.793 bits per heavy atom. The summed E-state index contributed by atoms with van der Waals surface area (Å²) in [4.78, 5) is 10.6. The fraction of sp³-hybridized carbons (Fsp3) is 0.889. The Hall–Kier alpha value is -0.790. The standard InChI is InChI=1S/C27H53NO/c1-2-3-4-5-6-7-8-9-10-11-12-13-14-15-16-17-18-19-20-21-22-23-24-25-26-27(28)29/h25-26H,2-24H2,1H3,(H2,28,29). The van der Waals surface area contributed by atoms with Crippen LogP contribution in [0.1, 0.15) is 155 Å². The summed E-state index contributed by atoms with van der Waals surface area (Å²) < 4.78 is 0. The average molecular weight is 408 g/mol. The minimum Gasteiger partial charge on any atom is -0.366 e. The van der Waals surface area contributed by atoms with Gasteiger partial charge in [-0.05, 0) is 18.9 Å².